The highest BCUT2D eigenvalue weighted by Gasteiger charge is 2.28. The zero-order valence-electron chi connectivity index (χ0n) is 11.0. The first-order valence-electron chi connectivity index (χ1n) is 6.33. The van der Waals surface area contributed by atoms with Gasteiger partial charge in [-0.15, -0.1) is 0 Å². The van der Waals surface area contributed by atoms with Crippen LogP contribution < -0.4 is 10.6 Å². The van der Waals surface area contributed by atoms with E-state index < -0.39 is 0 Å². The van der Waals surface area contributed by atoms with Crippen LogP contribution in [0.2, 0.25) is 0 Å². The lowest BCUT2D eigenvalue weighted by Crippen LogP contribution is -2.53. The fourth-order valence-corrected chi connectivity index (χ4v) is 2.15. The van der Waals surface area contributed by atoms with Crippen LogP contribution in [-0.2, 0) is 9.59 Å². The van der Waals surface area contributed by atoms with E-state index in [4.69, 9.17) is 0 Å². The lowest BCUT2D eigenvalue weighted by molar-refractivity contribution is -0.138. The average molecular weight is 241 g/mol. The lowest BCUT2D eigenvalue weighted by atomic mass is 9.98. The number of amides is 2. The Hall–Kier alpha value is -1.10. The summed E-state index contributed by atoms with van der Waals surface area (Å²) < 4.78 is 0. The van der Waals surface area contributed by atoms with Crippen molar-refractivity contribution in [1.82, 2.24) is 15.5 Å². The molecule has 2 N–H and O–H groups in total. The van der Waals surface area contributed by atoms with Gasteiger partial charge in [0.15, 0.2) is 0 Å². The minimum Gasteiger partial charge on any atom is -0.358 e. The molecule has 0 aliphatic carbocycles. The van der Waals surface area contributed by atoms with Crippen molar-refractivity contribution in [1.29, 1.82) is 0 Å². The summed E-state index contributed by atoms with van der Waals surface area (Å²) in [7, 11) is 1.58. The summed E-state index contributed by atoms with van der Waals surface area (Å²) in [6.45, 7) is 4.71. The molecule has 1 fully saturated rings. The normalized spacial score (nSPS) is 24.2. The molecule has 17 heavy (non-hydrogen) atoms. The largest absolute Gasteiger partial charge is 0.358 e. The molecular weight excluding hydrogens is 218 g/mol. The van der Waals surface area contributed by atoms with Crippen LogP contribution >= 0.6 is 0 Å². The number of piperidine rings is 1. The maximum absolute atomic E-state index is 12.2. The van der Waals surface area contributed by atoms with E-state index in [1.807, 2.05) is 6.92 Å². The quantitative estimate of drug-likeness (QED) is 0.734. The van der Waals surface area contributed by atoms with Crippen LogP contribution in [0.3, 0.4) is 0 Å². The monoisotopic (exact) mass is 241 g/mol. The minimum absolute atomic E-state index is 0.0441. The van der Waals surface area contributed by atoms with Gasteiger partial charge in [-0.25, -0.2) is 0 Å². The molecule has 1 rings (SSSR count). The first-order chi connectivity index (χ1) is 8.08. The molecule has 0 aromatic heterocycles. The second-order valence-corrected chi connectivity index (χ2v) is 4.58. The van der Waals surface area contributed by atoms with Crippen LogP contribution in [0.15, 0.2) is 0 Å². The molecule has 1 saturated heterocycles. The van der Waals surface area contributed by atoms with Gasteiger partial charge >= 0.3 is 0 Å². The van der Waals surface area contributed by atoms with Gasteiger partial charge in [0.1, 0.15) is 0 Å². The molecule has 0 saturated carbocycles. The van der Waals surface area contributed by atoms with Crippen LogP contribution in [0, 0.1) is 0 Å². The number of carbonyl (C=O) groups excluding carboxylic acids is 2. The Morgan fingerprint density at radius 3 is 2.65 bits per heavy atom. The van der Waals surface area contributed by atoms with Crippen molar-refractivity contribution in [3.8, 4) is 0 Å². The molecule has 0 bridgehead atoms. The summed E-state index contributed by atoms with van der Waals surface area (Å²) in [5.41, 5.74) is 0. The Morgan fingerprint density at radius 1 is 1.41 bits per heavy atom. The van der Waals surface area contributed by atoms with Crippen molar-refractivity contribution in [2.75, 3.05) is 20.1 Å². The van der Waals surface area contributed by atoms with Crippen LogP contribution in [0.25, 0.3) is 0 Å². The van der Waals surface area contributed by atoms with Crippen LogP contribution in [0.4, 0.5) is 0 Å². The van der Waals surface area contributed by atoms with Gasteiger partial charge in [-0.05, 0) is 33.1 Å². The van der Waals surface area contributed by atoms with Gasteiger partial charge < -0.3 is 15.5 Å². The summed E-state index contributed by atoms with van der Waals surface area (Å²) >= 11 is 0. The summed E-state index contributed by atoms with van der Waals surface area (Å²) in [5.74, 6) is -0.0771. The molecule has 2 amide bonds. The van der Waals surface area contributed by atoms with Gasteiger partial charge in [-0.3, -0.25) is 9.59 Å². The van der Waals surface area contributed by atoms with Gasteiger partial charge in [-0.2, -0.15) is 0 Å². The van der Waals surface area contributed by atoms with Crippen LogP contribution in [0.5, 0.6) is 0 Å². The van der Waals surface area contributed by atoms with Crippen LogP contribution in [-0.4, -0.2) is 48.9 Å². The third-order valence-corrected chi connectivity index (χ3v) is 3.22. The predicted molar refractivity (Wildman–Crippen MR) is 66.6 cm³/mol. The standard InChI is InChI=1S/C12H23N3O2/c1-4-15(8-11(16)13-3)12(17)10-7-5-6-9(2)14-10/h9-10,14H,4-8H2,1-3H3,(H,13,16). The summed E-state index contributed by atoms with van der Waals surface area (Å²) in [6.07, 6.45) is 3.06. The fraction of sp³-hybridized carbons (Fsp3) is 0.833. The summed E-state index contributed by atoms with van der Waals surface area (Å²) in [6, 6.07) is 0.264. The number of hydrogen-bond donors (Lipinski definition) is 2. The van der Waals surface area contributed by atoms with Gasteiger partial charge in [0, 0.05) is 19.6 Å². The number of hydrogen-bond acceptors (Lipinski definition) is 3. The third kappa shape index (κ3) is 4.00. The molecule has 1 heterocycles. The van der Waals surface area contributed by atoms with E-state index >= 15 is 0 Å². The summed E-state index contributed by atoms with van der Waals surface area (Å²) in [4.78, 5) is 25.1. The Balaban J connectivity index is 2.55. The Labute approximate surface area is 103 Å². The van der Waals surface area contributed by atoms with Gasteiger partial charge in [0.05, 0.1) is 12.6 Å². The topological polar surface area (TPSA) is 61.4 Å². The van der Waals surface area contributed by atoms with E-state index in [2.05, 4.69) is 17.6 Å². The number of carbonyl (C=O) groups is 2. The van der Waals surface area contributed by atoms with Gasteiger partial charge in [0.2, 0.25) is 11.8 Å². The number of nitrogens with one attached hydrogen (secondary N) is 2. The van der Waals surface area contributed by atoms with Crippen molar-refractivity contribution >= 4 is 11.8 Å². The maximum atomic E-state index is 12.2. The maximum Gasteiger partial charge on any atom is 0.240 e. The zero-order chi connectivity index (χ0) is 12.8. The molecule has 5 heteroatoms. The van der Waals surface area contributed by atoms with E-state index in [-0.39, 0.29) is 24.4 Å². The highest BCUT2D eigenvalue weighted by atomic mass is 16.2. The smallest absolute Gasteiger partial charge is 0.240 e. The second kappa shape index (κ2) is 6.59. The van der Waals surface area contributed by atoms with E-state index in [0.717, 1.165) is 19.3 Å². The van der Waals surface area contributed by atoms with E-state index in [1.165, 1.54) is 0 Å². The van der Waals surface area contributed by atoms with E-state index in [1.54, 1.807) is 11.9 Å². The van der Waals surface area contributed by atoms with Crippen molar-refractivity contribution in [3.05, 3.63) is 0 Å². The molecule has 2 unspecified atom stereocenters. The summed E-state index contributed by atoms with van der Waals surface area (Å²) in [5, 5.41) is 5.84. The molecule has 1 aliphatic heterocycles. The molecule has 1 aliphatic rings. The molecule has 0 spiro atoms. The van der Waals surface area contributed by atoms with Crippen LogP contribution in [0.1, 0.15) is 33.1 Å². The van der Waals surface area contributed by atoms with Crippen molar-refractivity contribution < 1.29 is 9.59 Å². The molecule has 0 radical (unpaired) electrons. The molecule has 0 aromatic carbocycles. The van der Waals surface area contributed by atoms with Crippen molar-refractivity contribution in [2.24, 2.45) is 0 Å². The number of likely N-dealkylation sites (N-methyl/N-ethyl adjacent to an activating group) is 2. The highest BCUT2D eigenvalue weighted by Crippen LogP contribution is 2.14. The first-order valence-corrected chi connectivity index (χ1v) is 6.33. The molecule has 98 valence electrons. The highest BCUT2D eigenvalue weighted by molar-refractivity contribution is 5.87. The average Bonchev–Trinajstić information content (AvgIpc) is 2.34. The third-order valence-electron chi connectivity index (χ3n) is 3.22. The number of nitrogens with zero attached hydrogens (tertiary/aromatic N) is 1. The lowest BCUT2D eigenvalue weighted by Gasteiger charge is -2.31. The predicted octanol–water partition coefficient (Wildman–Crippen LogP) is 0.112. The molecule has 2 atom stereocenters. The fourth-order valence-electron chi connectivity index (χ4n) is 2.15. The molecule has 5 nitrogen and oxygen atoms in total. The van der Waals surface area contributed by atoms with Crippen molar-refractivity contribution in [3.63, 3.8) is 0 Å². The van der Waals surface area contributed by atoms with Crippen molar-refractivity contribution in [2.45, 2.75) is 45.2 Å². The van der Waals surface area contributed by atoms with Gasteiger partial charge in [0.25, 0.3) is 0 Å². The van der Waals surface area contributed by atoms with Gasteiger partial charge in [-0.1, -0.05) is 0 Å². The second-order valence-electron chi connectivity index (χ2n) is 4.58. The van der Waals surface area contributed by atoms with E-state index in [0.29, 0.717) is 12.6 Å². The Kier molecular flexibility index (Phi) is 5.41. The number of rotatable bonds is 4. The minimum atomic E-state index is -0.122. The Morgan fingerprint density at radius 2 is 2.12 bits per heavy atom. The Bertz CT molecular complexity index is 281. The zero-order valence-corrected chi connectivity index (χ0v) is 11.0. The SMILES string of the molecule is CCN(CC(=O)NC)C(=O)C1CCCC(C)N1. The van der Waals surface area contributed by atoms with E-state index in [9.17, 15) is 9.59 Å². The first kappa shape index (κ1) is 14.0. The molecule has 0 aromatic rings. The molecular formula is C12H23N3O2.